The highest BCUT2D eigenvalue weighted by Crippen LogP contribution is 2.37. The van der Waals surface area contributed by atoms with E-state index >= 15 is 0 Å². The van der Waals surface area contributed by atoms with Crippen molar-refractivity contribution in [2.45, 2.75) is 44.2 Å². The molecule has 2 aromatic carbocycles. The molecule has 2 heterocycles. The number of hydrogen-bond acceptors (Lipinski definition) is 1. The first kappa shape index (κ1) is 21.3. The van der Waals surface area contributed by atoms with Crippen LogP contribution in [0.2, 0.25) is 5.02 Å². The monoisotopic (exact) mass is 434 g/mol. The van der Waals surface area contributed by atoms with Crippen LogP contribution in [0.15, 0.2) is 48.7 Å². The molecule has 0 bridgehead atoms. The van der Waals surface area contributed by atoms with E-state index in [1.807, 2.05) is 6.07 Å². The average molecular weight is 435 g/mol. The number of aromatic nitrogens is 1. The number of hydrogen-bond donors (Lipinski definition) is 1. The average Bonchev–Trinajstić information content (AvgIpc) is 3.14. The summed E-state index contributed by atoms with van der Waals surface area (Å²) in [6.45, 7) is 2.81. The number of likely N-dealkylation sites (tertiary alicyclic amines) is 1. The summed E-state index contributed by atoms with van der Waals surface area (Å²) in [5.74, 6) is 0.130. The van der Waals surface area contributed by atoms with Gasteiger partial charge in [-0.05, 0) is 80.4 Å². The van der Waals surface area contributed by atoms with Gasteiger partial charge in [-0.2, -0.15) is 13.2 Å². The summed E-state index contributed by atoms with van der Waals surface area (Å²) in [5, 5.41) is 1.06. The van der Waals surface area contributed by atoms with Crippen molar-refractivity contribution in [3.05, 3.63) is 70.4 Å². The number of aromatic amines is 1. The van der Waals surface area contributed by atoms with E-state index in [0.717, 1.165) is 57.3 Å². The van der Waals surface area contributed by atoms with E-state index in [1.165, 1.54) is 28.6 Å². The summed E-state index contributed by atoms with van der Waals surface area (Å²) in [7, 11) is 0. The predicted octanol–water partition coefficient (Wildman–Crippen LogP) is 7.04. The van der Waals surface area contributed by atoms with Crippen molar-refractivity contribution >= 4 is 22.5 Å². The minimum atomic E-state index is -4.41. The molecule has 3 aromatic rings. The van der Waals surface area contributed by atoms with Crippen LogP contribution in [0.1, 0.15) is 48.3 Å². The molecule has 0 amide bonds. The van der Waals surface area contributed by atoms with Gasteiger partial charge >= 0.3 is 6.18 Å². The third-order valence-corrected chi connectivity index (χ3v) is 6.45. The van der Waals surface area contributed by atoms with Crippen LogP contribution in [0.25, 0.3) is 10.9 Å². The zero-order valence-electron chi connectivity index (χ0n) is 16.8. The molecule has 1 aliphatic heterocycles. The molecule has 160 valence electrons. The first-order chi connectivity index (χ1) is 14.4. The first-order valence-corrected chi connectivity index (χ1v) is 10.9. The molecule has 1 fully saturated rings. The summed E-state index contributed by atoms with van der Waals surface area (Å²) in [6.07, 6.45) is 2.84. The van der Waals surface area contributed by atoms with Gasteiger partial charge < -0.3 is 9.88 Å². The smallest absolute Gasteiger partial charge is 0.361 e. The Bertz CT molecular complexity index is 996. The second kappa shape index (κ2) is 9.03. The van der Waals surface area contributed by atoms with Crippen molar-refractivity contribution < 1.29 is 13.2 Å². The van der Waals surface area contributed by atoms with Gasteiger partial charge in [-0.25, -0.2) is 0 Å². The lowest BCUT2D eigenvalue weighted by Crippen LogP contribution is -2.35. The van der Waals surface area contributed by atoms with Crippen LogP contribution in [0.3, 0.4) is 0 Å². The molecule has 1 aliphatic rings. The van der Waals surface area contributed by atoms with Crippen LogP contribution in [0.5, 0.6) is 0 Å². The van der Waals surface area contributed by atoms with Crippen LogP contribution in [0.4, 0.5) is 13.2 Å². The van der Waals surface area contributed by atoms with Crippen molar-refractivity contribution in [1.29, 1.82) is 0 Å². The SMILES string of the molecule is FC(F)(F)c1cc(C2CCCN(CCCCc3c[nH]c4ccccc34)C2)ccc1Cl. The standard InChI is InChI=1S/C24H26ClF3N2/c25-22-11-10-17(14-21(22)24(26,27)28)19-7-5-13-30(16-19)12-4-3-6-18-15-29-23-9-2-1-8-20(18)23/h1-2,8-11,14-15,19,29H,3-7,12-13,16H2. The second-order valence-electron chi connectivity index (χ2n) is 8.19. The van der Waals surface area contributed by atoms with Gasteiger partial charge in [0.05, 0.1) is 10.6 Å². The maximum atomic E-state index is 13.2. The lowest BCUT2D eigenvalue weighted by molar-refractivity contribution is -0.137. The zero-order valence-corrected chi connectivity index (χ0v) is 17.6. The maximum Gasteiger partial charge on any atom is 0.417 e. The lowest BCUT2D eigenvalue weighted by atomic mass is 9.89. The molecule has 1 unspecified atom stereocenters. The molecule has 1 atom stereocenters. The Morgan fingerprint density at radius 1 is 1.10 bits per heavy atom. The van der Waals surface area contributed by atoms with Crippen molar-refractivity contribution in [2.75, 3.05) is 19.6 Å². The molecule has 1 aromatic heterocycles. The minimum absolute atomic E-state index is 0.130. The molecule has 1 saturated heterocycles. The fraction of sp³-hybridized carbons (Fsp3) is 0.417. The quantitative estimate of drug-likeness (QED) is 0.412. The van der Waals surface area contributed by atoms with Gasteiger partial charge in [-0.1, -0.05) is 35.9 Å². The summed E-state index contributed by atoms with van der Waals surface area (Å²) in [5.41, 5.74) is 2.54. The third kappa shape index (κ3) is 4.84. The second-order valence-corrected chi connectivity index (χ2v) is 8.60. The molecule has 0 spiro atoms. The van der Waals surface area contributed by atoms with E-state index in [9.17, 15) is 13.2 Å². The van der Waals surface area contributed by atoms with Crippen molar-refractivity contribution in [1.82, 2.24) is 9.88 Å². The number of nitrogens with one attached hydrogen (secondary N) is 1. The molecule has 1 N–H and O–H groups in total. The number of para-hydroxylation sites is 1. The van der Waals surface area contributed by atoms with E-state index < -0.39 is 11.7 Å². The number of rotatable bonds is 6. The molecule has 0 radical (unpaired) electrons. The molecular formula is C24H26ClF3N2. The first-order valence-electron chi connectivity index (χ1n) is 10.6. The summed E-state index contributed by atoms with van der Waals surface area (Å²) >= 11 is 5.78. The Hall–Kier alpha value is -1.98. The van der Waals surface area contributed by atoms with Crippen molar-refractivity contribution in [3.8, 4) is 0 Å². The number of unbranched alkanes of at least 4 members (excludes halogenated alkanes) is 1. The summed E-state index contributed by atoms with van der Waals surface area (Å²) < 4.78 is 39.6. The number of alkyl halides is 3. The number of fused-ring (bicyclic) bond motifs is 1. The van der Waals surface area contributed by atoms with E-state index in [4.69, 9.17) is 11.6 Å². The fourth-order valence-electron chi connectivity index (χ4n) is 4.53. The largest absolute Gasteiger partial charge is 0.417 e. The van der Waals surface area contributed by atoms with Gasteiger partial charge in [-0.3, -0.25) is 0 Å². The predicted molar refractivity (Wildman–Crippen MR) is 116 cm³/mol. The highest BCUT2D eigenvalue weighted by molar-refractivity contribution is 6.31. The summed E-state index contributed by atoms with van der Waals surface area (Å²) in [4.78, 5) is 5.72. The highest BCUT2D eigenvalue weighted by Gasteiger charge is 2.34. The van der Waals surface area contributed by atoms with Gasteiger partial charge in [-0.15, -0.1) is 0 Å². The Morgan fingerprint density at radius 3 is 2.77 bits per heavy atom. The van der Waals surface area contributed by atoms with Gasteiger partial charge in [0, 0.05) is 23.6 Å². The molecule has 6 heteroatoms. The number of halogens is 4. The minimum Gasteiger partial charge on any atom is -0.361 e. The number of benzene rings is 2. The molecule has 2 nitrogen and oxygen atoms in total. The van der Waals surface area contributed by atoms with Crippen molar-refractivity contribution in [2.24, 2.45) is 0 Å². The van der Waals surface area contributed by atoms with E-state index in [2.05, 4.69) is 34.3 Å². The van der Waals surface area contributed by atoms with Gasteiger partial charge in [0.25, 0.3) is 0 Å². The number of piperidine rings is 1. The van der Waals surface area contributed by atoms with Crippen LogP contribution in [0, 0.1) is 0 Å². The molecule has 4 rings (SSSR count). The van der Waals surface area contributed by atoms with E-state index in [0.29, 0.717) is 0 Å². The van der Waals surface area contributed by atoms with Crippen LogP contribution >= 0.6 is 11.6 Å². The fourth-order valence-corrected chi connectivity index (χ4v) is 4.76. The topological polar surface area (TPSA) is 19.0 Å². The lowest BCUT2D eigenvalue weighted by Gasteiger charge is -2.33. The Kier molecular flexibility index (Phi) is 6.40. The number of nitrogens with zero attached hydrogens (tertiary/aromatic N) is 1. The van der Waals surface area contributed by atoms with E-state index in [1.54, 1.807) is 6.07 Å². The van der Waals surface area contributed by atoms with Gasteiger partial charge in [0.2, 0.25) is 0 Å². The van der Waals surface area contributed by atoms with Gasteiger partial charge in [0.15, 0.2) is 0 Å². The Morgan fingerprint density at radius 2 is 1.93 bits per heavy atom. The van der Waals surface area contributed by atoms with Crippen LogP contribution in [-0.4, -0.2) is 29.5 Å². The van der Waals surface area contributed by atoms with Crippen molar-refractivity contribution in [3.63, 3.8) is 0 Å². The zero-order chi connectivity index (χ0) is 21.1. The van der Waals surface area contributed by atoms with Crippen LogP contribution in [-0.2, 0) is 12.6 Å². The molecule has 0 aliphatic carbocycles. The Balaban J connectivity index is 1.31. The Labute approximate surface area is 180 Å². The number of aryl methyl sites for hydroxylation is 1. The number of H-pyrrole nitrogens is 1. The highest BCUT2D eigenvalue weighted by atomic mass is 35.5. The van der Waals surface area contributed by atoms with Crippen LogP contribution < -0.4 is 0 Å². The molecule has 0 saturated carbocycles. The third-order valence-electron chi connectivity index (χ3n) is 6.12. The van der Waals surface area contributed by atoms with E-state index in [-0.39, 0.29) is 10.9 Å². The maximum absolute atomic E-state index is 13.2. The normalized spacial score (nSPS) is 18.2. The molecular weight excluding hydrogens is 409 g/mol. The summed E-state index contributed by atoms with van der Waals surface area (Å²) in [6, 6.07) is 12.7. The van der Waals surface area contributed by atoms with Gasteiger partial charge in [0.1, 0.15) is 0 Å². The molecule has 30 heavy (non-hydrogen) atoms.